The molecular formula is C24H23N5O3. The monoisotopic (exact) mass is 429 g/mol. The van der Waals surface area contributed by atoms with Crippen molar-refractivity contribution in [3.05, 3.63) is 71.0 Å². The molecule has 0 aliphatic rings. The Kier molecular flexibility index (Phi) is 5.68. The Morgan fingerprint density at radius 3 is 2.50 bits per heavy atom. The molecule has 4 aromatic rings. The number of ether oxygens (including phenoxy) is 1. The molecule has 0 aliphatic carbocycles. The second-order valence-corrected chi connectivity index (χ2v) is 7.50. The Morgan fingerprint density at radius 2 is 1.81 bits per heavy atom. The minimum Gasteiger partial charge on any atom is -0.497 e. The molecule has 4 rings (SSSR count). The number of benzene rings is 2. The van der Waals surface area contributed by atoms with Crippen molar-refractivity contribution >= 4 is 23.2 Å². The van der Waals surface area contributed by atoms with Gasteiger partial charge in [-0.3, -0.25) is 9.59 Å². The van der Waals surface area contributed by atoms with Crippen LogP contribution in [0.2, 0.25) is 0 Å². The number of fused-ring (bicyclic) bond motifs is 1. The summed E-state index contributed by atoms with van der Waals surface area (Å²) in [4.78, 5) is 33.4. The number of Topliss-reactive ketones (excluding diaryl/α,β-unsaturated/α-hetero) is 1. The molecule has 8 heteroatoms. The van der Waals surface area contributed by atoms with Crippen molar-refractivity contribution in [3.8, 4) is 17.1 Å². The van der Waals surface area contributed by atoms with E-state index in [0.717, 1.165) is 28.3 Å². The second kappa shape index (κ2) is 8.58. The third-order valence-electron chi connectivity index (χ3n) is 5.29. The van der Waals surface area contributed by atoms with Gasteiger partial charge in [0.2, 0.25) is 5.91 Å². The molecule has 2 aromatic carbocycles. The highest BCUT2D eigenvalue weighted by Crippen LogP contribution is 2.22. The van der Waals surface area contributed by atoms with Gasteiger partial charge in [-0.1, -0.05) is 12.1 Å². The zero-order valence-electron chi connectivity index (χ0n) is 18.3. The zero-order chi connectivity index (χ0) is 22.8. The molecule has 0 aliphatic heterocycles. The number of anilines is 1. The number of hydrogen-bond donors (Lipinski definition) is 1. The number of nitrogens with zero attached hydrogens (tertiary/aromatic N) is 4. The van der Waals surface area contributed by atoms with Gasteiger partial charge < -0.3 is 10.1 Å². The van der Waals surface area contributed by atoms with E-state index in [0.29, 0.717) is 22.9 Å². The summed E-state index contributed by atoms with van der Waals surface area (Å²) in [6, 6.07) is 14.4. The van der Waals surface area contributed by atoms with Gasteiger partial charge in [0.1, 0.15) is 5.75 Å². The molecule has 162 valence electrons. The Labute approximate surface area is 185 Å². The third kappa shape index (κ3) is 4.20. The largest absolute Gasteiger partial charge is 0.497 e. The average molecular weight is 429 g/mol. The molecule has 32 heavy (non-hydrogen) atoms. The number of aryl methyl sites for hydroxylation is 2. The highest BCUT2D eigenvalue weighted by atomic mass is 16.5. The second-order valence-electron chi connectivity index (χ2n) is 7.50. The number of hydrogen-bond acceptors (Lipinski definition) is 6. The van der Waals surface area contributed by atoms with Crippen molar-refractivity contribution in [3.63, 3.8) is 0 Å². The maximum atomic E-state index is 12.7. The van der Waals surface area contributed by atoms with E-state index in [4.69, 9.17) is 4.74 Å². The summed E-state index contributed by atoms with van der Waals surface area (Å²) in [7, 11) is 1.62. The summed E-state index contributed by atoms with van der Waals surface area (Å²) in [6.45, 7) is 5.24. The lowest BCUT2D eigenvalue weighted by Crippen LogP contribution is -2.18. The summed E-state index contributed by atoms with van der Waals surface area (Å²) in [5.74, 6) is 1.52. The fraction of sp³-hybridized carbons (Fsp3) is 0.208. The van der Waals surface area contributed by atoms with Crippen molar-refractivity contribution in [2.24, 2.45) is 0 Å². The fourth-order valence-corrected chi connectivity index (χ4v) is 3.51. The van der Waals surface area contributed by atoms with Crippen LogP contribution in [0.25, 0.3) is 17.2 Å². The minimum absolute atomic E-state index is 0.0544. The van der Waals surface area contributed by atoms with Crippen molar-refractivity contribution in [1.82, 2.24) is 19.6 Å². The van der Waals surface area contributed by atoms with E-state index < -0.39 is 0 Å². The smallest absolute Gasteiger partial charge is 0.253 e. The number of carbonyl (C=O) groups is 2. The standard InChI is InChI=1S/C24H23N5O3/c1-14-21(13-22(31)26-19-7-5-6-18(12-19)16(3)30)15(2)29-24(25-14)27-23(28-29)17-8-10-20(32-4)11-9-17/h5-12H,13H2,1-4H3,(H,26,31). The molecule has 0 unspecified atom stereocenters. The first kappa shape index (κ1) is 21.2. The van der Waals surface area contributed by atoms with Gasteiger partial charge in [-0.2, -0.15) is 4.98 Å². The van der Waals surface area contributed by atoms with Crippen LogP contribution in [-0.2, 0) is 11.2 Å². The molecule has 0 atom stereocenters. The topological polar surface area (TPSA) is 98.5 Å². The van der Waals surface area contributed by atoms with Crippen LogP contribution in [-0.4, -0.2) is 38.4 Å². The van der Waals surface area contributed by atoms with Crippen LogP contribution in [0.5, 0.6) is 5.75 Å². The SMILES string of the molecule is COc1ccc(-c2nc3nc(C)c(CC(=O)Nc4cccc(C(C)=O)c4)c(C)n3n2)cc1. The van der Waals surface area contributed by atoms with E-state index in [1.165, 1.54) is 6.92 Å². The lowest BCUT2D eigenvalue weighted by Gasteiger charge is -2.11. The molecular weight excluding hydrogens is 406 g/mol. The summed E-state index contributed by atoms with van der Waals surface area (Å²) in [5.41, 5.74) is 4.27. The summed E-state index contributed by atoms with van der Waals surface area (Å²) in [5, 5.41) is 7.45. The Hall–Kier alpha value is -4.07. The van der Waals surface area contributed by atoms with Crippen LogP contribution in [0.15, 0.2) is 48.5 Å². The van der Waals surface area contributed by atoms with Gasteiger partial charge >= 0.3 is 0 Å². The van der Waals surface area contributed by atoms with Crippen molar-refractivity contribution in [1.29, 1.82) is 0 Å². The number of ketones is 1. The first-order valence-corrected chi connectivity index (χ1v) is 10.1. The average Bonchev–Trinajstić information content (AvgIpc) is 3.21. The molecule has 8 nitrogen and oxygen atoms in total. The first-order chi connectivity index (χ1) is 15.4. The molecule has 2 heterocycles. The maximum absolute atomic E-state index is 12.7. The fourth-order valence-electron chi connectivity index (χ4n) is 3.51. The maximum Gasteiger partial charge on any atom is 0.253 e. The van der Waals surface area contributed by atoms with Crippen LogP contribution in [0.1, 0.15) is 34.2 Å². The molecule has 0 fully saturated rings. The predicted molar refractivity (Wildman–Crippen MR) is 121 cm³/mol. The predicted octanol–water partition coefficient (Wildman–Crippen LogP) is 3.80. The number of nitrogens with one attached hydrogen (secondary N) is 1. The summed E-state index contributed by atoms with van der Waals surface area (Å²) < 4.78 is 6.86. The normalized spacial score (nSPS) is 10.9. The Balaban J connectivity index is 1.60. The summed E-state index contributed by atoms with van der Waals surface area (Å²) >= 11 is 0. The van der Waals surface area contributed by atoms with Crippen molar-refractivity contribution < 1.29 is 14.3 Å². The molecule has 0 saturated heterocycles. The van der Waals surface area contributed by atoms with E-state index in [9.17, 15) is 9.59 Å². The molecule has 1 amide bonds. The van der Waals surface area contributed by atoms with E-state index in [1.807, 2.05) is 38.1 Å². The van der Waals surface area contributed by atoms with Gasteiger partial charge in [-0.05, 0) is 57.2 Å². The number of carbonyl (C=O) groups excluding carboxylic acids is 2. The van der Waals surface area contributed by atoms with Gasteiger partial charge in [0.05, 0.1) is 13.5 Å². The van der Waals surface area contributed by atoms with Crippen molar-refractivity contribution in [2.75, 3.05) is 12.4 Å². The highest BCUT2D eigenvalue weighted by Gasteiger charge is 2.17. The molecule has 1 N–H and O–H groups in total. The van der Waals surface area contributed by atoms with Gasteiger partial charge in [0, 0.05) is 33.8 Å². The van der Waals surface area contributed by atoms with E-state index >= 15 is 0 Å². The first-order valence-electron chi connectivity index (χ1n) is 10.1. The Bertz CT molecular complexity index is 1330. The van der Waals surface area contributed by atoms with Crippen LogP contribution in [0, 0.1) is 13.8 Å². The lowest BCUT2D eigenvalue weighted by atomic mass is 10.1. The molecule has 0 radical (unpaired) electrons. The quantitative estimate of drug-likeness (QED) is 0.468. The van der Waals surface area contributed by atoms with E-state index in [-0.39, 0.29) is 18.1 Å². The lowest BCUT2D eigenvalue weighted by molar-refractivity contribution is -0.115. The minimum atomic E-state index is -0.200. The number of rotatable bonds is 6. The number of aromatic nitrogens is 4. The summed E-state index contributed by atoms with van der Waals surface area (Å²) in [6.07, 6.45) is 0.128. The molecule has 0 saturated carbocycles. The van der Waals surface area contributed by atoms with Crippen LogP contribution in [0.4, 0.5) is 5.69 Å². The van der Waals surface area contributed by atoms with Gasteiger partial charge in [0.25, 0.3) is 5.78 Å². The molecule has 2 aromatic heterocycles. The highest BCUT2D eigenvalue weighted by molar-refractivity contribution is 5.97. The van der Waals surface area contributed by atoms with Crippen molar-refractivity contribution in [2.45, 2.75) is 27.2 Å². The van der Waals surface area contributed by atoms with Crippen LogP contribution < -0.4 is 10.1 Å². The van der Waals surface area contributed by atoms with E-state index in [1.54, 1.807) is 35.9 Å². The van der Waals surface area contributed by atoms with Crippen LogP contribution in [0.3, 0.4) is 0 Å². The van der Waals surface area contributed by atoms with E-state index in [2.05, 4.69) is 20.4 Å². The van der Waals surface area contributed by atoms with Crippen LogP contribution >= 0.6 is 0 Å². The number of amides is 1. The van der Waals surface area contributed by atoms with Gasteiger partial charge in [-0.25, -0.2) is 9.50 Å². The number of methoxy groups -OCH3 is 1. The van der Waals surface area contributed by atoms with Gasteiger partial charge in [0.15, 0.2) is 11.6 Å². The third-order valence-corrected chi connectivity index (χ3v) is 5.29. The molecule has 0 spiro atoms. The Morgan fingerprint density at radius 1 is 1.06 bits per heavy atom. The van der Waals surface area contributed by atoms with Gasteiger partial charge in [-0.15, -0.1) is 5.10 Å². The zero-order valence-corrected chi connectivity index (χ0v) is 18.3. The molecule has 0 bridgehead atoms.